The molecule has 0 aliphatic carbocycles. The lowest BCUT2D eigenvalue weighted by Gasteiger charge is -2.12. The van der Waals surface area contributed by atoms with Crippen LogP contribution in [0.3, 0.4) is 0 Å². The number of aryl methyl sites for hydroxylation is 1. The van der Waals surface area contributed by atoms with Crippen LogP contribution in [-0.4, -0.2) is 13.3 Å². The molecule has 0 saturated heterocycles. The number of benzene rings is 1. The maximum Gasteiger partial charge on any atom is 0.127 e. The lowest BCUT2D eigenvalue weighted by molar-refractivity contribution is 0.270. The summed E-state index contributed by atoms with van der Waals surface area (Å²) in [4.78, 5) is 0. The van der Waals surface area contributed by atoms with Crippen molar-refractivity contribution in [3.63, 3.8) is 0 Å². The van der Waals surface area contributed by atoms with Crippen LogP contribution in [0.2, 0.25) is 0 Å². The van der Waals surface area contributed by atoms with Crippen molar-refractivity contribution < 1.29 is 9.13 Å². The summed E-state index contributed by atoms with van der Waals surface area (Å²) in [6.07, 6.45) is 0. The van der Waals surface area contributed by atoms with Gasteiger partial charge in [0.2, 0.25) is 0 Å². The van der Waals surface area contributed by atoms with E-state index in [4.69, 9.17) is 10.5 Å². The van der Waals surface area contributed by atoms with E-state index in [1.54, 1.807) is 0 Å². The highest BCUT2D eigenvalue weighted by Crippen LogP contribution is 2.27. The van der Waals surface area contributed by atoms with E-state index in [0.717, 1.165) is 11.1 Å². The highest BCUT2D eigenvalue weighted by Gasteiger charge is 2.05. The predicted molar refractivity (Wildman–Crippen MR) is 51.8 cm³/mol. The molecule has 2 nitrogen and oxygen atoms in total. The number of hydrogen-bond acceptors (Lipinski definition) is 2. The summed E-state index contributed by atoms with van der Waals surface area (Å²) in [6, 6.07) is 3.70. The van der Waals surface area contributed by atoms with Crippen LogP contribution in [0.25, 0.3) is 0 Å². The van der Waals surface area contributed by atoms with Gasteiger partial charge in [-0.3, -0.25) is 0 Å². The van der Waals surface area contributed by atoms with E-state index in [0.29, 0.717) is 11.4 Å². The predicted octanol–water partition coefficient (Wildman–Crippen LogP) is 2.23. The molecule has 0 fully saturated rings. The summed E-state index contributed by atoms with van der Waals surface area (Å²) >= 11 is 0. The minimum Gasteiger partial charge on any atom is -0.490 e. The molecule has 0 atom stereocenters. The molecular weight excluding hydrogens is 169 g/mol. The van der Waals surface area contributed by atoms with E-state index in [1.807, 2.05) is 26.0 Å². The largest absolute Gasteiger partial charge is 0.490 e. The standard InChI is InChI=1S/C10H14FNO/c1-7-3-4-9(12)8(2)10(7)13-6-5-11/h3-4H,5-6,12H2,1-2H3. The third kappa shape index (κ3) is 2.11. The molecule has 0 heterocycles. The second-order valence-corrected chi connectivity index (χ2v) is 2.96. The summed E-state index contributed by atoms with van der Waals surface area (Å²) in [6.45, 7) is 3.40. The maximum absolute atomic E-state index is 11.9. The Morgan fingerprint density at radius 2 is 2.08 bits per heavy atom. The van der Waals surface area contributed by atoms with Gasteiger partial charge in [0, 0.05) is 11.3 Å². The Balaban J connectivity index is 2.96. The Morgan fingerprint density at radius 1 is 1.38 bits per heavy atom. The summed E-state index contributed by atoms with van der Waals surface area (Å²) in [5, 5.41) is 0. The summed E-state index contributed by atoms with van der Waals surface area (Å²) in [5.74, 6) is 0.706. The van der Waals surface area contributed by atoms with E-state index in [1.165, 1.54) is 0 Å². The van der Waals surface area contributed by atoms with E-state index >= 15 is 0 Å². The monoisotopic (exact) mass is 183 g/mol. The van der Waals surface area contributed by atoms with Crippen LogP contribution in [0.1, 0.15) is 11.1 Å². The molecule has 0 unspecified atom stereocenters. The highest BCUT2D eigenvalue weighted by molar-refractivity contribution is 5.56. The minimum absolute atomic E-state index is 0.0884. The molecule has 1 aromatic carbocycles. The van der Waals surface area contributed by atoms with Gasteiger partial charge < -0.3 is 10.5 Å². The highest BCUT2D eigenvalue weighted by atomic mass is 19.1. The molecule has 0 aliphatic heterocycles. The number of anilines is 1. The second-order valence-electron chi connectivity index (χ2n) is 2.96. The van der Waals surface area contributed by atoms with Crippen LogP contribution < -0.4 is 10.5 Å². The zero-order valence-electron chi connectivity index (χ0n) is 7.93. The normalized spacial score (nSPS) is 10.1. The molecule has 0 amide bonds. The van der Waals surface area contributed by atoms with Crippen molar-refractivity contribution in [2.45, 2.75) is 13.8 Å². The third-order valence-electron chi connectivity index (χ3n) is 1.97. The van der Waals surface area contributed by atoms with Gasteiger partial charge >= 0.3 is 0 Å². The number of halogens is 1. The maximum atomic E-state index is 11.9. The van der Waals surface area contributed by atoms with Crippen molar-refractivity contribution in [3.8, 4) is 5.75 Å². The Kier molecular flexibility index (Phi) is 3.12. The van der Waals surface area contributed by atoms with Gasteiger partial charge in [-0.2, -0.15) is 0 Å². The van der Waals surface area contributed by atoms with E-state index in [9.17, 15) is 4.39 Å². The average Bonchev–Trinajstić information content (AvgIpc) is 2.12. The summed E-state index contributed by atoms with van der Waals surface area (Å²) in [7, 11) is 0. The van der Waals surface area contributed by atoms with E-state index in [2.05, 4.69) is 0 Å². The first-order valence-electron chi connectivity index (χ1n) is 4.21. The van der Waals surface area contributed by atoms with Crippen LogP contribution in [0, 0.1) is 13.8 Å². The van der Waals surface area contributed by atoms with Crippen LogP contribution in [0.4, 0.5) is 10.1 Å². The number of alkyl halides is 1. The fourth-order valence-electron chi connectivity index (χ4n) is 1.21. The third-order valence-corrected chi connectivity index (χ3v) is 1.97. The number of rotatable bonds is 3. The SMILES string of the molecule is Cc1ccc(N)c(C)c1OCCF. The molecule has 0 saturated carbocycles. The minimum atomic E-state index is -0.478. The Labute approximate surface area is 77.5 Å². The molecule has 0 bridgehead atoms. The number of hydrogen-bond donors (Lipinski definition) is 1. The first kappa shape index (κ1) is 9.84. The van der Waals surface area contributed by atoms with Crippen molar-refractivity contribution in [2.75, 3.05) is 19.0 Å². The van der Waals surface area contributed by atoms with Crippen molar-refractivity contribution >= 4 is 5.69 Å². The zero-order chi connectivity index (χ0) is 9.84. The zero-order valence-corrected chi connectivity index (χ0v) is 7.93. The first-order chi connectivity index (χ1) is 6.16. The molecule has 2 N–H and O–H groups in total. The van der Waals surface area contributed by atoms with Crippen LogP contribution >= 0.6 is 0 Å². The number of ether oxygens (including phenoxy) is 1. The smallest absolute Gasteiger partial charge is 0.127 e. The van der Waals surface area contributed by atoms with Crippen molar-refractivity contribution in [1.82, 2.24) is 0 Å². The molecule has 1 rings (SSSR count). The molecule has 0 radical (unpaired) electrons. The molecule has 1 aromatic rings. The quantitative estimate of drug-likeness (QED) is 0.729. The fraction of sp³-hybridized carbons (Fsp3) is 0.400. The Bertz CT molecular complexity index is 299. The van der Waals surface area contributed by atoms with Gasteiger partial charge in [-0.15, -0.1) is 0 Å². The molecule has 13 heavy (non-hydrogen) atoms. The molecule has 0 aromatic heterocycles. The lowest BCUT2D eigenvalue weighted by Crippen LogP contribution is -2.03. The Morgan fingerprint density at radius 3 is 2.69 bits per heavy atom. The van der Waals surface area contributed by atoms with Gasteiger partial charge in [0.05, 0.1) is 0 Å². The van der Waals surface area contributed by atoms with Crippen LogP contribution in [0.5, 0.6) is 5.75 Å². The van der Waals surface area contributed by atoms with Gasteiger partial charge in [-0.05, 0) is 25.5 Å². The van der Waals surface area contributed by atoms with Crippen LogP contribution in [0.15, 0.2) is 12.1 Å². The molecular formula is C10H14FNO. The lowest BCUT2D eigenvalue weighted by atomic mass is 10.1. The van der Waals surface area contributed by atoms with Gasteiger partial charge in [-0.25, -0.2) is 4.39 Å². The summed E-state index contributed by atoms with van der Waals surface area (Å²) in [5.41, 5.74) is 8.24. The van der Waals surface area contributed by atoms with Crippen molar-refractivity contribution in [2.24, 2.45) is 0 Å². The topological polar surface area (TPSA) is 35.2 Å². The Hall–Kier alpha value is -1.25. The first-order valence-corrected chi connectivity index (χ1v) is 4.21. The second kappa shape index (κ2) is 4.12. The molecule has 3 heteroatoms. The number of nitrogen functional groups attached to an aromatic ring is 1. The average molecular weight is 183 g/mol. The number of nitrogens with two attached hydrogens (primary N) is 1. The summed E-state index contributed by atoms with van der Waals surface area (Å²) < 4.78 is 17.1. The van der Waals surface area contributed by atoms with Gasteiger partial charge in [0.25, 0.3) is 0 Å². The fourth-order valence-corrected chi connectivity index (χ4v) is 1.21. The van der Waals surface area contributed by atoms with Gasteiger partial charge in [0.15, 0.2) is 0 Å². The molecule has 0 aliphatic rings. The van der Waals surface area contributed by atoms with Crippen molar-refractivity contribution in [3.05, 3.63) is 23.3 Å². The van der Waals surface area contributed by atoms with Crippen molar-refractivity contribution in [1.29, 1.82) is 0 Å². The van der Waals surface area contributed by atoms with Crippen LogP contribution in [-0.2, 0) is 0 Å². The molecule has 0 spiro atoms. The van der Waals surface area contributed by atoms with Gasteiger partial charge in [0.1, 0.15) is 19.0 Å². The van der Waals surface area contributed by atoms with E-state index in [-0.39, 0.29) is 6.61 Å². The van der Waals surface area contributed by atoms with E-state index < -0.39 is 6.67 Å². The molecule has 72 valence electrons. The van der Waals surface area contributed by atoms with Gasteiger partial charge in [-0.1, -0.05) is 6.07 Å².